The highest BCUT2D eigenvalue weighted by molar-refractivity contribution is 8.00. The Morgan fingerprint density at radius 3 is 2.65 bits per heavy atom. The molecule has 3 heterocycles. The van der Waals surface area contributed by atoms with E-state index in [0.717, 1.165) is 16.2 Å². The van der Waals surface area contributed by atoms with Gasteiger partial charge >= 0.3 is 18.0 Å². The number of hydrogen-bond acceptors (Lipinski definition) is 13. The van der Waals surface area contributed by atoms with Crippen LogP contribution in [0.15, 0.2) is 21.8 Å². The van der Waals surface area contributed by atoms with Crippen LogP contribution < -0.4 is 16.8 Å². The second-order valence-electron chi connectivity index (χ2n) is 8.28. The predicted molar refractivity (Wildman–Crippen MR) is 128 cm³/mol. The number of carbonyl (C=O) groups is 5. The second-order valence-corrected chi connectivity index (χ2v) is 10.3. The van der Waals surface area contributed by atoms with E-state index in [1.54, 1.807) is 0 Å². The standard InChI is InChI=1S/C20H22N6O9S2/c1-33-17(31)20(2-3-20)7-35-25-10(9-6-37-18(21)23-9)13(27)24-11-14(28)26-12(16(29)30)8(4-34-19(22)32)5-36-15(11)26/h6,11,15H,2-5,7H2,1H3,(H2,21,23)(H2,22,32)(H,24,27)(H,29,30)/b25-10-/t11-,15-/m1/s1. The van der Waals surface area contributed by atoms with Gasteiger partial charge in [0.15, 0.2) is 10.8 Å². The molecule has 4 rings (SSSR count). The molecule has 0 bridgehead atoms. The predicted octanol–water partition coefficient (Wildman–Crippen LogP) is -0.767. The molecule has 37 heavy (non-hydrogen) atoms. The number of esters is 1. The minimum absolute atomic E-state index is 0.0971. The Morgan fingerprint density at radius 1 is 1.35 bits per heavy atom. The summed E-state index contributed by atoms with van der Waals surface area (Å²) < 4.78 is 9.46. The van der Waals surface area contributed by atoms with Gasteiger partial charge < -0.3 is 36.2 Å². The fraction of sp³-hybridized carbons (Fsp3) is 0.450. The van der Waals surface area contributed by atoms with Crippen LogP contribution in [0.5, 0.6) is 0 Å². The first-order valence-corrected chi connectivity index (χ1v) is 12.6. The quantitative estimate of drug-likeness (QED) is 0.121. The zero-order valence-corrected chi connectivity index (χ0v) is 20.9. The van der Waals surface area contributed by atoms with Crippen molar-refractivity contribution in [1.82, 2.24) is 15.2 Å². The number of β-lactam (4-membered cyclic amide) rings is 1. The maximum absolute atomic E-state index is 13.1. The smallest absolute Gasteiger partial charge is 0.404 e. The number of aliphatic carboxylic acids is 1. The summed E-state index contributed by atoms with van der Waals surface area (Å²) in [6.45, 7) is -0.502. The van der Waals surface area contributed by atoms with Gasteiger partial charge in [-0.1, -0.05) is 5.16 Å². The number of primary amides is 1. The number of hydrogen-bond donors (Lipinski definition) is 4. The zero-order valence-electron chi connectivity index (χ0n) is 19.3. The topological polar surface area (TPSA) is 226 Å². The van der Waals surface area contributed by atoms with E-state index in [1.165, 1.54) is 24.3 Å². The van der Waals surface area contributed by atoms with Gasteiger partial charge in [-0.25, -0.2) is 14.6 Å². The Kier molecular flexibility index (Phi) is 7.26. The summed E-state index contributed by atoms with van der Waals surface area (Å²) in [7, 11) is 1.27. The van der Waals surface area contributed by atoms with Crippen molar-refractivity contribution in [3.63, 3.8) is 0 Å². The number of nitrogens with zero attached hydrogens (tertiary/aromatic N) is 3. The molecular weight excluding hydrogens is 532 g/mol. The molecule has 1 aromatic heterocycles. The zero-order chi connectivity index (χ0) is 26.9. The molecule has 1 saturated heterocycles. The lowest BCUT2D eigenvalue weighted by atomic mass is 10.0. The lowest BCUT2D eigenvalue weighted by molar-refractivity contribution is -0.150. The number of carboxylic acid groups (broad SMARTS) is 1. The first-order chi connectivity index (χ1) is 17.6. The molecular formula is C20H22N6O9S2. The third kappa shape index (κ3) is 5.17. The van der Waals surface area contributed by atoms with Gasteiger partial charge in [-0.3, -0.25) is 19.3 Å². The van der Waals surface area contributed by atoms with Gasteiger partial charge in [0.05, 0.1) is 7.11 Å². The van der Waals surface area contributed by atoms with Gasteiger partial charge in [0.25, 0.3) is 11.8 Å². The summed E-state index contributed by atoms with van der Waals surface area (Å²) in [6.07, 6.45) is 0.0233. The van der Waals surface area contributed by atoms with Crippen molar-refractivity contribution in [2.75, 3.05) is 31.8 Å². The van der Waals surface area contributed by atoms with Gasteiger partial charge in [0.1, 0.15) is 41.4 Å². The average Bonchev–Trinajstić information content (AvgIpc) is 3.54. The van der Waals surface area contributed by atoms with Crippen molar-refractivity contribution in [1.29, 1.82) is 0 Å². The number of rotatable bonds is 10. The number of anilines is 1. The van der Waals surface area contributed by atoms with Crippen LogP contribution in [0.25, 0.3) is 0 Å². The molecule has 1 saturated carbocycles. The third-order valence-corrected chi connectivity index (χ3v) is 7.89. The van der Waals surface area contributed by atoms with Crippen LogP contribution in [0.3, 0.4) is 0 Å². The Labute approximate surface area is 217 Å². The summed E-state index contributed by atoms with van der Waals surface area (Å²) in [6, 6.07) is -1.07. The van der Waals surface area contributed by atoms with E-state index in [1.807, 2.05) is 0 Å². The summed E-state index contributed by atoms with van der Waals surface area (Å²) in [4.78, 5) is 71.1. The second kappa shape index (κ2) is 10.3. The first kappa shape index (κ1) is 26.2. The highest BCUT2D eigenvalue weighted by atomic mass is 32.2. The molecule has 0 spiro atoms. The van der Waals surface area contributed by atoms with E-state index in [-0.39, 0.29) is 46.8 Å². The molecule has 2 fully saturated rings. The maximum Gasteiger partial charge on any atom is 0.404 e. The van der Waals surface area contributed by atoms with Crippen molar-refractivity contribution in [2.24, 2.45) is 16.3 Å². The Balaban J connectivity index is 1.49. The molecule has 3 amide bonds. The van der Waals surface area contributed by atoms with Gasteiger partial charge in [-0.05, 0) is 12.8 Å². The average molecular weight is 555 g/mol. The van der Waals surface area contributed by atoms with Crippen LogP contribution in [-0.2, 0) is 33.5 Å². The number of thiazole rings is 1. The number of carboxylic acids is 1. The molecule has 0 radical (unpaired) electrons. The van der Waals surface area contributed by atoms with Gasteiger partial charge in [-0.2, -0.15) is 0 Å². The normalized spacial score (nSPS) is 21.9. The highest BCUT2D eigenvalue weighted by Crippen LogP contribution is 2.47. The number of aromatic nitrogens is 1. The fourth-order valence-electron chi connectivity index (χ4n) is 3.76. The van der Waals surface area contributed by atoms with E-state index in [0.29, 0.717) is 12.8 Å². The Morgan fingerprint density at radius 2 is 2.08 bits per heavy atom. The van der Waals surface area contributed by atoms with Crippen LogP contribution in [0.2, 0.25) is 0 Å². The van der Waals surface area contributed by atoms with Gasteiger partial charge in [0, 0.05) is 16.7 Å². The third-order valence-electron chi connectivity index (χ3n) is 5.87. The van der Waals surface area contributed by atoms with Crippen molar-refractivity contribution in [3.05, 3.63) is 22.3 Å². The maximum atomic E-state index is 13.1. The van der Waals surface area contributed by atoms with Gasteiger partial charge in [-0.15, -0.1) is 23.1 Å². The number of methoxy groups -OCH3 is 1. The van der Waals surface area contributed by atoms with Crippen LogP contribution in [0.1, 0.15) is 18.5 Å². The van der Waals surface area contributed by atoms with Crippen LogP contribution in [0, 0.1) is 5.41 Å². The number of oxime groups is 1. The number of amides is 3. The minimum Gasteiger partial charge on any atom is -0.477 e. The van der Waals surface area contributed by atoms with E-state index >= 15 is 0 Å². The first-order valence-electron chi connectivity index (χ1n) is 10.7. The lowest BCUT2D eigenvalue weighted by Gasteiger charge is -2.49. The van der Waals surface area contributed by atoms with Crippen molar-refractivity contribution < 1.29 is 43.4 Å². The van der Waals surface area contributed by atoms with Crippen molar-refractivity contribution in [2.45, 2.75) is 24.3 Å². The number of nitrogens with one attached hydrogen (secondary N) is 1. The minimum atomic E-state index is -1.39. The van der Waals surface area contributed by atoms with E-state index in [2.05, 4.69) is 20.2 Å². The molecule has 0 unspecified atom stereocenters. The molecule has 1 aromatic rings. The van der Waals surface area contributed by atoms with Crippen LogP contribution in [0.4, 0.5) is 9.93 Å². The SMILES string of the molecule is COC(=O)C1(CO/N=C(\C(=O)N[C@@H]2C(=O)N3C(C(=O)O)=C(COC(N)=O)CS[C@H]23)c2csc(N)n2)CC1. The molecule has 6 N–H and O–H groups in total. The molecule has 1 aliphatic carbocycles. The lowest BCUT2D eigenvalue weighted by Crippen LogP contribution is -2.71. The molecule has 0 aromatic carbocycles. The van der Waals surface area contributed by atoms with E-state index in [9.17, 15) is 29.1 Å². The van der Waals surface area contributed by atoms with E-state index < -0.39 is 46.7 Å². The highest BCUT2D eigenvalue weighted by Gasteiger charge is 2.55. The molecule has 17 heteroatoms. The number of thioether (sulfide) groups is 1. The Hall–Kier alpha value is -3.86. The van der Waals surface area contributed by atoms with Gasteiger partial charge in [0.2, 0.25) is 0 Å². The largest absolute Gasteiger partial charge is 0.477 e. The molecule has 2 aliphatic heterocycles. The van der Waals surface area contributed by atoms with Crippen LogP contribution >= 0.6 is 23.1 Å². The number of nitrogen functional groups attached to an aromatic ring is 1. The summed E-state index contributed by atoms with van der Waals surface area (Å²) >= 11 is 2.23. The number of ether oxygens (including phenoxy) is 2. The van der Waals surface area contributed by atoms with Crippen molar-refractivity contribution in [3.8, 4) is 0 Å². The number of carbonyl (C=O) groups excluding carboxylic acids is 4. The molecule has 2 atom stereocenters. The number of fused-ring (bicyclic) bond motifs is 1. The molecule has 15 nitrogen and oxygen atoms in total. The number of nitrogens with two attached hydrogens (primary N) is 2. The van der Waals surface area contributed by atoms with Crippen LogP contribution in [-0.4, -0.2) is 88.0 Å². The molecule has 198 valence electrons. The summed E-state index contributed by atoms with van der Waals surface area (Å²) in [5, 5.41) is 17.0. The summed E-state index contributed by atoms with van der Waals surface area (Å²) in [5.74, 6) is -3.20. The van der Waals surface area contributed by atoms with E-state index in [4.69, 9.17) is 21.0 Å². The molecule has 3 aliphatic rings. The van der Waals surface area contributed by atoms with Crippen molar-refractivity contribution >= 4 is 63.8 Å². The Bertz CT molecular complexity index is 1220. The fourth-order valence-corrected chi connectivity index (χ4v) is 5.63. The summed E-state index contributed by atoms with van der Waals surface area (Å²) in [5.41, 5.74) is 9.50. The monoisotopic (exact) mass is 554 g/mol.